The molecule has 0 bridgehead atoms. The average Bonchev–Trinajstić information content (AvgIpc) is 2.98. The SMILES string of the molecule is CS(=O)(=O)N1CCN(c2ccc(Nc3ncc4c(=O)n(-c5c(Cl)cccc5Cl)nc(-c5ccncc5)c4n3)cc2)CC1. The number of sulfonamides is 1. The molecule has 1 N–H and O–H groups in total. The average molecular weight is 624 g/mol. The third kappa shape index (κ3) is 5.53. The number of hydrogen-bond acceptors (Lipinski definition) is 9. The van der Waals surface area contributed by atoms with Gasteiger partial charge >= 0.3 is 0 Å². The molecule has 6 rings (SSSR count). The maximum atomic E-state index is 13.6. The molecule has 1 saturated heterocycles. The molecule has 42 heavy (non-hydrogen) atoms. The quantitative estimate of drug-likeness (QED) is 0.294. The van der Waals surface area contributed by atoms with Crippen LogP contribution >= 0.6 is 23.2 Å². The first kappa shape index (κ1) is 28.0. The van der Waals surface area contributed by atoms with Crippen LogP contribution in [0.25, 0.3) is 27.8 Å². The van der Waals surface area contributed by atoms with E-state index in [1.165, 1.54) is 21.4 Å². The minimum atomic E-state index is -3.19. The van der Waals surface area contributed by atoms with Gasteiger partial charge in [0, 0.05) is 61.7 Å². The van der Waals surface area contributed by atoms with Crippen LogP contribution in [0, 0.1) is 0 Å². The van der Waals surface area contributed by atoms with Gasteiger partial charge in [-0.2, -0.15) is 14.1 Å². The summed E-state index contributed by atoms with van der Waals surface area (Å²) in [6, 6.07) is 16.2. The minimum Gasteiger partial charge on any atom is -0.369 e. The molecule has 4 heterocycles. The Labute approximate surface area is 251 Å². The Bertz CT molecular complexity index is 1930. The molecule has 0 saturated carbocycles. The molecule has 2 aromatic carbocycles. The van der Waals surface area contributed by atoms with Crippen molar-refractivity contribution in [3.63, 3.8) is 0 Å². The summed E-state index contributed by atoms with van der Waals surface area (Å²) in [5, 5.41) is 8.62. The van der Waals surface area contributed by atoms with Crippen LogP contribution in [0.3, 0.4) is 0 Å². The number of anilines is 3. The van der Waals surface area contributed by atoms with Gasteiger partial charge in [-0.25, -0.2) is 18.4 Å². The highest BCUT2D eigenvalue weighted by Crippen LogP contribution is 2.30. The summed E-state index contributed by atoms with van der Waals surface area (Å²) < 4.78 is 26.3. The molecule has 1 fully saturated rings. The van der Waals surface area contributed by atoms with Crippen molar-refractivity contribution >= 4 is 61.5 Å². The summed E-state index contributed by atoms with van der Waals surface area (Å²) in [5.74, 6) is 0.280. The third-order valence-corrected chi connectivity index (χ3v) is 8.85. The van der Waals surface area contributed by atoms with Gasteiger partial charge in [0.05, 0.1) is 21.7 Å². The van der Waals surface area contributed by atoms with E-state index in [4.69, 9.17) is 23.2 Å². The van der Waals surface area contributed by atoms with Crippen LogP contribution in [0.5, 0.6) is 0 Å². The lowest BCUT2D eigenvalue weighted by molar-refractivity contribution is 0.388. The molecule has 0 spiro atoms. The topological polar surface area (TPSA) is 126 Å². The Morgan fingerprint density at radius 3 is 2.21 bits per heavy atom. The van der Waals surface area contributed by atoms with E-state index in [1.54, 1.807) is 42.7 Å². The molecule has 5 aromatic rings. The summed E-state index contributed by atoms with van der Waals surface area (Å²) >= 11 is 12.8. The Morgan fingerprint density at radius 2 is 1.57 bits per heavy atom. The molecule has 214 valence electrons. The predicted octanol–water partition coefficient (Wildman–Crippen LogP) is 4.37. The maximum Gasteiger partial charge on any atom is 0.282 e. The molecule has 0 amide bonds. The summed E-state index contributed by atoms with van der Waals surface area (Å²) in [4.78, 5) is 28.9. The molecule has 0 atom stereocenters. The van der Waals surface area contributed by atoms with E-state index in [2.05, 4.69) is 30.3 Å². The fourth-order valence-electron chi connectivity index (χ4n) is 4.80. The van der Waals surface area contributed by atoms with E-state index >= 15 is 0 Å². The standard InChI is InChI=1S/C28H24Cl2N8O3S/c1-42(40,41)37-15-13-36(14-16-37)20-7-5-19(6-8-20)33-28-32-17-21-25(34-28)24(18-9-11-31-12-10-18)35-38(27(21)39)26-22(29)3-2-4-23(26)30/h2-12,17H,13-16H2,1H3,(H,32,33,34). The van der Waals surface area contributed by atoms with Gasteiger partial charge in [-0.05, 0) is 48.5 Å². The lowest BCUT2D eigenvalue weighted by atomic mass is 10.1. The second-order valence-electron chi connectivity index (χ2n) is 9.65. The van der Waals surface area contributed by atoms with Crippen LogP contribution in [0.4, 0.5) is 17.3 Å². The molecule has 0 aliphatic carbocycles. The first-order valence-corrected chi connectivity index (χ1v) is 15.5. The Kier molecular flexibility index (Phi) is 7.54. The highest BCUT2D eigenvalue weighted by molar-refractivity contribution is 7.88. The molecule has 14 heteroatoms. The van der Waals surface area contributed by atoms with Crippen molar-refractivity contribution in [1.29, 1.82) is 0 Å². The zero-order chi connectivity index (χ0) is 29.4. The molecular weight excluding hydrogens is 599 g/mol. The van der Waals surface area contributed by atoms with Gasteiger partial charge in [-0.15, -0.1) is 0 Å². The number of benzene rings is 2. The van der Waals surface area contributed by atoms with E-state index in [9.17, 15) is 13.2 Å². The molecule has 3 aromatic heterocycles. The fraction of sp³-hybridized carbons (Fsp3) is 0.179. The third-order valence-electron chi connectivity index (χ3n) is 6.94. The number of pyridine rings is 1. The number of rotatable bonds is 6. The predicted molar refractivity (Wildman–Crippen MR) is 165 cm³/mol. The van der Waals surface area contributed by atoms with Crippen molar-refractivity contribution < 1.29 is 8.42 Å². The smallest absolute Gasteiger partial charge is 0.282 e. The number of hydrogen-bond donors (Lipinski definition) is 1. The minimum absolute atomic E-state index is 0.238. The van der Waals surface area contributed by atoms with Crippen molar-refractivity contribution in [1.82, 2.24) is 29.0 Å². The summed E-state index contributed by atoms with van der Waals surface area (Å²) in [7, 11) is -3.19. The summed E-state index contributed by atoms with van der Waals surface area (Å²) in [5.41, 5.74) is 2.99. The largest absolute Gasteiger partial charge is 0.369 e. The normalized spacial score (nSPS) is 14.3. The Morgan fingerprint density at radius 1 is 0.905 bits per heavy atom. The number of aromatic nitrogens is 5. The fourth-order valence-corrected chi connectivity index (χ4v) is 6.18. The van der Waals surface area contributed by atoms with E-state index in [0.717, 1.165) is 11.4 Å². The van der Waals surface area contributed by atoms with Crippen molar-refractivity contribution in [2.45, 2.75) is 0 Å². The zero-order valence-corrected chi connectivity index (χ0v) is 24.6. The lowest BCUT2D eigenvalue weighted by Crippen LogP contribution is -2.48. The van der Waals surface area contributed by atoms with Gasteiger partial charge in [0.2, 0.25) is 16.0 Å². The first-order chi connectivity index (χ1) is 20.2. The Balaban J connectivity index is 1.33. The second kappa shape index (κ2) is 11.3. The van der Waals surface area contributed by atoms with E-state index < -0.39 is 15.6 Å². The van der Waals surface area contributed by atoms with Crippen LogP contribution in [-0.4, -0.2) is 69.9 Å². The molecule has 1 aliphatic rings. The molecule has 11 nitrogen and oxygen atoms in total. The van der Waals surface area contributed by atoms with E-state index in [0.29, 0.717) is 43.0 Å². The van der Waals surface area contributed by atoms with E-state index in [1.807, 2.05) is 24.3 Å². The van der Waals surface area contributed by atoms with E-state index in [-0.39, 0.29) is 27.1 Å². The van der Waals surface area contributed by atoms with Gasteiger partial charge in [0.25, 0.3) is 5.56 Å². The summed E-state index contributed by atoms with van der Waals surface area (Å²) in [6.07, 6.45) is 5.95. The first-order valence-electron chi connectivity index (χ1n) is 12.9. The highest BCUT2D eigenvalue weighted by atomic mass is 35.5. The van der Waals surface area contributed by atoms with Crippen LogP contribution in [0.1, 0.15) is 0 Å². The van der Waals surface area contributed by atoms with Crippen molar-refractivity contribution in [2.75, 3.05) is 42.7 Å². The monoisotopic (exact) mass is 622 g/mol. The van der Waals surface area contributed by atoms with Crippen LogP contribution in [0.2, 0.25) is 10.0 Å². The number of halogens is 2. The number of nitrogens with zero attached hydrogens (tertiary/aromatic N) is 7. The molecule has 0 radical (unpaired) electrons. The molecule has 1 aliphatic heterocycles. The second-order valence-corrected chi connectivity index (χ2v) is 12.4. The van der Waals surface area contributed by atoms with Crippen LogP contribution < -0.4 is 15.8 Å². The van der Waals surface area contributed by atoms with Crippen LogP contribution in [-0.2, 0) is 10.0 Å². The van der Waals surface area contributed by atoms with Crippen molar-refractivity contribution in [3.05, 3.63) is 93.6 Å². The molecular formula is C28H24Cl2N8O3S. The van der Waals surface area contributed by atoms with Gasteiger partial charge in [0.1, 0.15) is 16.9 Å². The van der Waals surface area contributed by atoms with Gasteiger partial charge < -0.3 is 10.2 Å². The van der Waals surface area contributed by atoms with Crippen LogP contribution in [0.15, 0.2) is 78.0 Å². The maximum absolute atomic E-state index is 13.6. The van der Waals surface area contributed by atoms with Gasteiger partial charge in [-0.1, -0.05) is 29.3 Å². The van der Waals surface area contributed by atoms with Gasteiger partial charge in [0.15, 0.2) is 0 Å². The van der Waals surface area contributed by atoms with Crippen molar-refractivity contribution in [3.8, 4) is 16.9 Å². The lowest BCUT2D eigenvalue weighted by Gasteiger charge is -2.34. The molecule has 0 unspecified atom stereocenters. The van der Waals surface area contributed by atoms with Crippen molar-refractivity contribution in [2.24, 2.45) is 0 Å². The highest BCUT2D eigenvalue weighted by Gasteiger charge is 2.24. The number of fused-ring (bicyclic) bond motifs is 1. The number of nitrogens with one attached hydrogen (secondary N) is 1. The summed E-state index contributed by atoms with van der Waals surface area (Å²) in [6.45, 7) is 2.11. The Hall–Kier alpha value is -4.10. The number of para-hydroxylation sites is 1. The zero-order valence-electron chi connectivity index (χ0n) is 22.3. The number of piperazine rings is 1. The van der Waals surface area contributed by atoms with Gasteiger partial charge in [-0.3, -0.25) is 9.78 Å².